The number of phenols is 1. The van der Waals surface area contributed by atoms with Crippen LogP contribution in [0.5, 0.6) is 5.75 Å². The van der Waals surface area contributed by atoms with Crippen molar-refractivity contribution in [2.75, 3.05) is 6.61 Å². The Labute approximate surface area is 175 Å². The van der Waals surface area contributed by atoms with Gasteiger partial charge in [0, 0.05) is 12.4 Å². The van der Waals surface area contributed by atoms with Crippen molar-refractivity contribution in [1.29, 1.82) is 0 Å². The maximum atomic E-state index is 12.8. The van der Waals surface area contributed by atoms with E-state index in [0.29, 0.717) is 20.9 Å². The van der Waals surface area contributed by atoms with Gasteiger partial charge in [-0.2, -0.15) is 8.42 Å². The van der Waals surface area contributed by atoms with E-state index in [1.807, 2.05) is 0 Å². The molecule has 0 amide bonds. The summed E-state index contributed by atoms with van der Waals surface area (Å²) >= 11 is 3.24. The van der Waals surface area contributed by atoms with Gasteiger partial charge in [0.1, 0.15) is 11.9 Å². The molecule has 29 heavy (non-hydrogen) atoms. The maximum Gasteiger partial charge on any atom is 0.398 e. The van der Waals surface area contributed by atoms with Gasteiger partial charge in [0.15, 0.2) is 0 Å². The van der Waals surface area contributed by atoms with Crippen molar-refractivity contribution in [2.24, 2.45) is 7.05 Å². The Hall–Kier alpha value is -2.40. The highest BCUT2D eigenvalue weighted by molar-refractivity contribution is 9.10. The first-order valence-corrected chi connectivity index (χ1v) is 10.7. The molecule has 0 fully saturated rings. The van der Waals surface area contributed by atoms with Gasteiger partial charge < -0.3 is 14.4 Å². The third-order valence-corrected chi connectivity index (χ3v) is 5.43. The Morgan fingerprint density at radius 1 is 1.24 bits per heavy atom. The normalized spacial score (nSPS) is 12.8. The summed E-state index contributed by atoms with van der Waals surface area (Å²) in [7, 11) is -3.25. The molecule has 2 aromatic carbocycles. The molecule has 1 unspecified atom stereocenters. The molecule has 0 saturated carbocycles. The van der Waals surface area contributed by atoms with E-state index in [1.54, 1.807) is 54.9 Å². The van der Waals surface area contributed by atoms with E-state index < -0.39 is 22.5 Å². The summed E-state index contributed by atoms with van der Waals surface area (Å²) in [6.07, 6.45) is -1.33. The number of carbonyl (C=O) groups excluding carboxylic acids is 1. The second kappa shape index (κ2) is 8.15. The summed E-state index contributed by atoms with van der Waals surface area (Å²) in [6.45, 7) is 1.73. The molecule has 1 heterocycles. The summed E-state index contributed by atoms with van der Waals surface area (Å²) in [5.74, 6) is -0.818. The van der Waals surface area contributed by atoms with E-state index in [2.05, 4.69) is 15.9 Å². The maximum absolute atomic E-state index is 12.8. The summed E-state index contributed by atoms with van der Waals surface area (Å²) < 4.78 is 44.6. The number of aromatic nitrogens is 1. The number of benzene rings is 2. The monoisotopic (exact) mass is 483 g/mol. The topological polar surface area (TPSA) is 115 Å². The van der Waals surface area contributed by atoms with Crippen LogP contribution in [-0.2, 0) is 26.4 Å². The minimum Gasteiger partial charge on any atom is -0.507 e. The Kier molecular flexibility index (Phi) is 5.99. The Balaban J connectivity index is 2.39. The van der Waals surface area contributed by atoms with Crippen LogP contribution in [0, 0.1) is 0 Å². The number of hydrogen-bond acceptors (Lipinski definition) is 6. The zero-order valence-electron chi connectivity index (χ0n) is 15.5. The van der Waals surface area contributed by atoms with Crippen LogP contribution in [0.4, 0.5) is 0 Å². The van der Waals surface area contributed by atoms with Crippen LogP contribution in [0.15, 0.2) is 46.9 Å². The van der Waals surface area contributed by atoms with E-state index >= 15 is 0 Å². The number of aromatic hydroxyl groups is 1. The second-order valence-corrected chi connectivity index (χ2v) is 8.08. The Morgan fingerprint density at radius 3 is 2.48 bits per heavy atom. The fourth-order valence-electron chi connectivity index (χ4n) is 3.20. The van der Waals surface area contributed by atoms with Gasteiger partial charge >= 0.3 is 16.4 Å². The second-order valence-electron chi connectivity index (χ2n) is 6.18. The van der Waals surface area contributed by atoms with Gasteiger partial charge in [0.05, 0.1) is 27.9 Å². The molecule has 0 bridgehead atoms. The molecular weight excluding hydrogens is 466 g/mol. The lowest BCUT2D eigenvalue weighted by Gasteiger charge is -2.19. The molecule has 1 aromatic heterocycles. The van der Waals surface area contributed by atoms with E-state index in [0.717, 1.165) is 0 Å². The quantitative estimate of drug-likeness (QED) is 0.405. The smallest absolute Gasteiger partial charge is 0.398 e. The van der Waals surface area contributed by atoms with Gasteiger partial charge in [-0.15, -0.1) is 0 Å². The van der Waals surface area contributed by atoms with Crippen LogP contribution in [0.3, 0.4) is 0 Å². The molecule has 3 rings (SSSR count). The van der Waals surface area contributed by atoms with Gasteiger partial charge in [-0.25, -0.2) is 8.98 Å². The molecule has 8 nitrogen and oxygen atoms in total. The van der Waals surface area contributed by atoms with Gasteiger partial charge in [0.2, 0.25) is 0 Å². The number of nitrogens with zero attached hydrogens (tertiary/aromatic N) is 1. The largest absolute Gasteiger partial charge is 0.507 e. The predicted molar refractivity (Wildman–Crippen MR) is 109 cm³/mol. The molecule has 0 radical (unpaired) electrons. The number of phenolic OH excluding ortho intramolecular Hbond substituents is 1. The lowest BCUT2D eigenvalue weighted by atomic mass is 10.0. The molecule has 1 atom stereocenters. The van der Waals surface area contributed by atoms with Crippen molar-refractivity contribution < 1.29 is 31.8 Å². The number of ether oxygens (including phenoxy) is 1. The molecule has 0 aliphatic carbocycles. The minimum absolute atomic E-state index is 0.0321. The summed E-state index contributed by atoms with van der Waals surface area (Å²) in [4.78, 5) is 12.8. The number of fused-ring (bicyclic) bond motifs is 1. The fourth-order valence-corrected chi connectivity index (χ4v) is 3.97. The van der Waals surface area contributed by atoms with Crippen LogP contribution in [0.2, 0.25) is 0 Å². The van der Waals surface area contributed by atoms with Crippen LogP contribution in [0.25, 0.3) is 10.9 Å². The Bertz CT molecular complexity index is 1170. The first kappa shape index (κ1) is 21.3. The number of rotatable bonds is 6. The zero-order valence-corrected chi connectivity index (χ0v) is 17.9. The molecule has 2 N–H and O–H groups in total. The van der Waals surface area contributed by atoms with Gasteiger partial charge in [0.25, 0.3) is 0 Å². The lowest BCUT2D eigenvalue weighted by Crippen LogP contribution is -2.18. The van der Waals surface area contributed by atoms with Crippen LogP contribution < -0.4 is 0 Å². The van der Waals surface area contributed by atoms with Crippen molar-refractivity contribution in [2.45, 2.75) is 13.0 Å². The van der Waals surface area contributed by atoms with E-state index in [-0.39, 0.29) is 23.6 Å². The first-order chi connectivity index (χ1) is 13.6. The predicted octanol–water partition coefficient (Wildman–Crippen LogP) is 3.73. The SMILES string of the molecule is CCOC(=O)c1c(C(OS(=O)(=O)O)c2ccccc2)n(C)c2cc(Br)c(O)cc12. The summed E-state index contributed by atoms with van der Waals surface area (Å²) in [5, 5.41) is 10.5. The van der Waals surface area contributed by atoms with Crippen LogP contribution in [0.1, 0.15) is 34.6 Å². The minimum atomic E-state index is -4.87. The highest BCUT2D eigenvalue weighted by atomic mass is 79.9. The van der Waals surface area contributed by atoms with Gasteiger partial charge in [-0.05, 0) is 40.5 Å². The van der Waals surface area contributed by atoms with E-state index in [9.17, 15) is 22.9 Å². The van der Waals surface area contributed by atoms with Gasteiger partial charge in [-0.3, -0.25) is 4.55 Å². The number of carbonyl (C=O) groups is 1. The van der Waals surface area contributed by atoms with Crippen molar-refractivity contribution in [1.82, 2.24) is 4.57 Å². The van der Waals surface area contributed by atoms with Crippen molar-refractivity contribution in [3.63, 3.8) is 0 Å². The highest BCUT2D eigenvalue weighted by Gasteiger charge is 2.32. The number of esters is 1. The first-order valence-electron chi connectivity index (χ1n) is 8.52. The molecule has 3 aromatic rings. The Morgan fingerprint density at radius 2 is 1.90 bits per heavy atom. The standard InChI is InChI=1S/C19H18BrNO7S/c1-3-27-19(23)16-12-9-15(22)13(20)10-14(12)21(2)17(16)18(28-29(24,25)26)11-7-5-4-6-8-11/h4-10,18,22H,3H2,1-2H3,(H,24,25,26). The van der Waals surface area contributed by atoms with E-state index in [4.69, 9.17) is 8.92 Å². The van der Waals surface area contributed by atoms with Crippen molar-refractivity contribution in [3.05, 3.63) is 63.8 Å². The number of hydrogen-bond donors (Lipinski definition) is 2. The molecular formula is C19H18BrNO7S. The number of aryl methyl sites for hydroxylation is 1. The lowest BCUT2D eigenvalue weighted by molar-refractivity contribution is 0.0523. The fraction of sp³-hybridized carbons (Fsp3) is 0.211. The summed E-state index contributed by atoms with van der Waals surface area (Å²) in [6, 6.07) is 11.3. The summed E-state index contributed by atoms with van der Waals surface area (Å²) in [5.41, 5.74) is 1.10. The van der Waals surface area contributed by atoms with Gasteiger partial charge in [-0.1, -0.05) is 30.3 Å². The molecule has 10 heteroatoms. The molecule has 154 valence electrons. The molecule has 0 saturated heterocycles. The molecule has 0 aliphatic rings. The van der Waals surface area contributed by atoms with Crippen LogP contribution >= 0.6 is 15.9 Å². The third-order valence-electron chi connectivity index (χ3n) is 4.36. The average molecular weight is 484 g/mol. The highest BCUT2D eigenvalue weighted by Crippen LogP contribution is 2.39. The molecule has 0 aliphatic heterocycles. The average Bonchev–Trinajstić information content (AvgIpc) is 2.92. The molecule has 0 spiro atoms. The van der Waals surface area contributed by atoms with E-state index in [1.165, 1.54) is 6.07 Å². The van der Waals surface area contributed by atoms with Crippen molar-refractivity contribution >= 4 is 43.2 Å². The third kappa shape index (κ3) is 4.30. The van der Waals surface area contributed by atoms with Crippen molar-refractivity contribution in [3.8, 4) is 5.75 Å². The van der Waals surface area contributed by atoms with Crippen LogP contribution in [-0.4, -0.2) is 35.2 Å². The number of halogens is 1. The zero-order chi connectivity index (χ0) is 21.3.